The van der Waals surface area contributed by atoms with Crippen molar-refractivity contribution in [2.24, 2.45) is 0 Å². The molecule has 0 heterocycles. The van der Waals surface area contributed by atoms with E-state index in [1.165, 1.54) is 18.2 Å². The number of hydrogen-bond acceptors (Lipinski definition) is 2. The van der Waals surface area contributed by atoms with Crippen LogP contribution in [0.15, 0.2) is 23.1 Å². The maximum atomic E-state index is 12.4. The summed E-state index contributed by atoms with van der Waals surface area (Å²) in [5, 5.41) is 1.23. The van der Waals surface area contributed by atoms with Gasteiger partial charge in [0.25, 0.3) is 0 Å². The van der Waals surface area contributed by atoms with Gasteiger partial charge in [0.15, 0.2) is 0 Å². The highest BCUT2D eigenvalue weighted by atomic mass is 79.9. The van der Waals surface area contributed by atoms with Gasteiger partial charge in [0.2, 0.25) is 10.0 Å². The van der Waals surface area contributed by atoms with Crippen molar-refractivity contribution in [2.45, 2.75) is 36.1 Å². The quantitative estimate of drug-likeness (QED) is 0.795. The summed E-state index contributed by atoms with van der Waals surface area (Å²) in [7, 11) is -3.61. The fraction of sp³-hybridized carbons (Fsp3) is 0.500. The molecule has 0 spiro atoms. The molecule has 1 aliphatic rings. The predicted octanol–water partition coefficient (Wildman–Crippen LogP) is 3.98. The lowest BCUT2D eigenvalue weighted by Crippen LogP contribution is -2.47. The number of hydrogen-bond donors (Lipinski definition) is 1. The molecule has 1 aromatic rings. The van der Waals surface area contributed by atoms with Crippen molar-refractivity contribution >= 4 is 49.2 Å². The zero-order valence-electron chi connectivity index (χ0n) is 10.1. The largest absolute Gasteiger partial charge is 0.241 e. The van der Waals surface area contributed by atoms with Crippen LogP contribution in [-0.2, 0) is 10.0 Å². The standard InChI is InChI=1S/C12H14BrCl2NO2S/c13-8-12(3-1-2-4-12)16-19(17,18)11-6-9(14)5-10(15)7-11/h5-7,16H,1-4,8H2. The number of sulfonamides is 1. The average molecular weight is 387 g/mol. The van der Waals surface area contributed by atoms with Gasteiger partial charge in [0.05, 0.1) is 4.90 Å². The van der Waals surface area contributed by atoms with Gasteiger partial charge in [0, 0.05) is 20.9 Å². The Bertz CT molecular complexity index is 551. The molecule has 1 N–H and O–H groups in total. The van der Waals surface area contributed by atoms with E-state index >= 15 is 0 Å². The molecule has 0 aliphatic heterocycles. The Balaban J connectivity index is 2.32. The van der Waals surface area contributed by atoms with Crippen molar-refractivity contribution in [2.75, 3.05) is 5.33 Å². The van der Waals surface area contributed by atoms with Crippen LogP contribution in [0.3, 0.4) is 0 Å². The molecule has 0 unspecified atom stereocenters. The first-order valence-electron chi connectivity index (χ1n) is 5.93. The van der Waals surface area contributed by atoms with E-state index < -0.39 is 15.6 Å². The smallest absolute Gasteiger partial charge is 0.207 e. The number of benzene rings is 1. The van der Waals surface area contributed by atoms with E-state index in [2.05, 4.69) is 20.7 Å². The molecule has 1 fully saturated rings. The predicted molar refractivity (Wildman–Crippen MR) is 81.8 cm³/mol. The van der Waals surface area contributed by atoms with Crippen LogP contribution in [0.1, 0.15) is 25.7 Å². The lowest BCUT2D eigenvalue weighted by molar-refractivity contribution is 0.438. The number of rotatable bonds is 4. The van der Waals surface area contributed by atoms with Crippen molar-refractivity contribution in [3.8, 4) is 0 Å². The van der Waals surface area contributed by atoms with Crippen LogP contribution >= 0.6 is 39.1 Å². The molecule has 0 bridgehead atoms. The van der Waals surface area contributed by atoms with Gasteiger partial charge >= 0.3 is 0 Å². The second-order valence-corrected chi connectivity index (χ2v) is 7.95. The normalized spacial score (nSPS) is 18.7. The van der Waals surface area contributed by atoms with Crippen LogP contribution in [0, 0.1) is 0 Å². The second kappa shape index (κ2) is 5.90. The first kappa shape index (κ1) is 15.6. The Morgan fingerprint density at radius 1 is 1.16 bits per heavy atom. The molecule has 19 heavy (non-hydrogen) atoms. The molecule has 0 radical (unpaired) electrons. The monoisotopic (exact) mass is 385 g/mol. The molecule has 0 aromatic heterocycles. The maximum absolute atomic E-state index is 12.4. The van der Waals surface area contributed by atoms with Gasteiger partial charge in [-0.1, -0.05) is 52.0 Å². The van der Waals surface area contributed by atoms with Gasteiger partial charge < -0.3 is 0 Å². The molecule has 1 aromatic carbocycles. The summed E-state index contributed by atoms with van der Waals surface area (Å²) in [6.45, 7) is 0. The summed E-state index contributed by atoms with van der Waals surface area (Å²) in [6, 6.07) is 4.33. The Kier molecular flexibility index (Phi) is 4.83. The summed E-state index contributed by atoms with van der Waals surface area (Å²) in [5.41, 5.74) is -0.395. The summed E-state index contributed by atoms with van der Waals surface area (Å²) in [4.78, 5) is 0.109. The van der Waals surface area contributed by atoms with E-state index in [-0.39, 0.29) is 4.90 Å². The van der Waals surface area contributed by atoms with Crippen molar-refractivity contribution in [1.29, 1.82) is 0 Å². The molecule has 2 rings (SSSR count). The molecule has 1 aliphatic carbocycles. The van der Waals surface area contributed by atoms with E-state index in [9.17, 15) is 8.42 Å². The molecule has 3 nitrogen and oxygen atoms in total. The Morgan fingerprint density at radius 3 is 2.16 bits per heavy atom. The number of nitrogens with one attached hydrogen (secondary N) is 1. The lowest BCUT2D eigenvalue weighted by atomic mass is 10.0. The summed E-state index contributed by atoms with van der Waals surface area (Å²) >= 11 is 15.1. The fourth-order valence-corrected chi connectivity index (χ4v) is 5.41. The molecule has 7 heteroatoms. The van der Waals surface area contributed by atoms with E-state index in [1.807, 2.05) is 0 Å². The molecule has 1 saturated carbocycles. The highest BCUT2D eigenvalue weighted by molar-refractivity contribution is 9.09. The van der Waals surface area contributed by atoms with Gasteiger partial charge in [0.1, 0.15) is 0 Å². The zero-order valence-corrected chi connectivity index (χ0v) is 14.0. The Morgan fingerprint density at radius 2 is 1.68 bits per heavy atom. The van der Waals surface area contributed by atoms with E-state index in [0.717, 1.165) is 25.7 Å². The minimum absolute atomic E-state index is 0.109. The number of alkyl halides is 1. The Hall–Kier alpha value is 0.190. The topological polar surface area (TPSA) is 46.2 Å². The summed E-state index contributed by atoms with van der Waals surface area (Å²) < 4.78 is 27.6. The van der Waals surface area contributed by atoms with Crippen molar-refractivity contribution < 1.29 is 8.42 Å². The van der Waals surface area contributed by atoms with Crippen LogP contribution in [0.25, 0.3) is 0 Å². The van der Waals surface area contributed by atoms with Gasteiger partial charge in [-0.25, -0.2) is 13.1 Å². The minimum atomic E-state index is -3.61. The van der Waals surface area contributed by atoms with Crippen molar-refractivity contribution in [3.63, 3.8) is 0 Å². The fourth-order valence-electron chi connectivity index (χ4n) is 2.34. The summed E-state index contributed by atoms with van der Waals surface area (Å²) in [6.07, 6.45) is 3.74. The van der Waals surface area contributed by atoms with Crippen molar-refractivity contribution in [1.82, 2.24) is 4.72 Å². The van der Waals surface area contributed by atoms with Gasteiger partial charge in [-0.2, -0.15) is 0 Å². The zero-order chi connectivity index (χ0) is 14.1. The highest BCUT2D eigenvalue weighted by Crippen LogP contribution is 2.33. The first-order valence-corrected chi connectivity index (χ1v) is 9.29. The third-order valence-electron chi connectivity index (χ3n) is 3.31. The molecule has 0 saturated heterocycles. The van der Waals surface area contributed by atoms with E-state index in [0.29, 0.717) is 15.4 Å². The number of halogens is 3. The second-order valence-electron chi connectivity index (χ2n) is 4.83. The van der Waals surface area contributed by atoms with E-state index in [4.69, 9.17) is 23.2 Å². The maximum Gasteiger partial charge on any atom is 0.241 e. The van der Waals surface area contributed by atoms with E-state index in [1.54, 1.807) is 0 Å². The average Bonchev–Trinajstić information content (AvgIpc) is 2.76. The third-order valence-corrected chi connectivity index (χ3v) is 6.38. The molecular weight excluding hydrogens is 373 g/mol. The lowest BCUT2D eigenvalue weighted by Gasteiger charge is -2.27. The molecule has 0 atom stereocenters. The van der Waals surface area contributed by atoms with Gasteiger partial charge in [-0.05, 0) is 31.0 Å². The highest BCUT2D eigenvalue weighted by Gasteiger charge is 2.37. The third kappa shape index (κ3) is 3.64. The summed E-state index contributed by atoms with van der Waals surface area (Å²) in [5.74, 6) is 0. The molecule has 106 valence electrons. The van der Waals surface area contributed by atoms with Gasteiger partial charge in [-0.3, -0.25) is 0 Å². The van der Waals surface area contributed by atoms with Crippen LogP contribution in [0.5, 0.6) is 0 Å². The SMILES string of the molecule is O=S(=O)(NC1(CBr)CCCC1)c1cc(Cl)cc(Cl)c1. The Labute approximate surface area is 131 Å². The van der Waals surface area contributed by atoms with Crippen LogP contribution < -0.4 is 4.72 Å². The first-order chi connectivity index (χ1) is 8.87. The molecule has 0 amide bonds. The molecular formula is C12H14BrCl2NO2S. The van der Waals surface area contributed by atoms with Crippen LogP contribution in [-0.4, -0.2) is 19.3 Å². The minimum Gasteiger partial charge on any atom is -0.207 e. The van der Waals surface area contributed by atoms with Crippen LogP contribution in [0.4, 0.5) is 0 Å². The van der Waals surface area contributed by atoms with Crippen molar-refractivity contribution in [3.05, 3.63) is 28.2 Å². The van der Waals surface area contributed by atoms with Gasteiger partial charge in [-0.15, -0.1) is 0 Å². The van der Waals surface area contributed by atoms with Crippen LogP contribution in [0.2, 0.25) is 10.0 Å².